The lowest BCUT2D eigenvalue weighted by Crippen LogP contribution is -2.45. The molecule has 0 fully saturated rings. The Labute approximate surface area is 289 Å². The predicted molar refractivity (Wildman–Crippen MR) is 188 cm³/mol. The Morgan fingerprint density at radius 2 is 1.63 bits per heavy atom. The molecule has 0 spiro atoms. The van der Waals surface area contributed by atoms with Gasteiger partial charge >= 0.3 is 0 Å². The second-order valence-corrected chi connectivity index (χ2v) is 13.1. The van der Waals surface area contributed by atoms with Crippen LogP contribution in [-0.4, -0.2) is 26.3 Å². The number of nitrogens with one attached hydrogen (secondary N) is 3. The number of carbonyl (C=O) groups is 2. The molecular weight excluding hydrogens is 667 g/mol. The molecule has 2 amide bonds. The highest BCUT2D eigenvalue weighted by Gasteiger charge is 2.24. The average Bonchev–Trinajstić information content (AvgIpc) is 3.09. The lowest BCUT2D eigenvalue weighted by atomic mass is 9.97. The molecule has 0 bridgehead atoms. The third kappa shape index (κ3) is 8.89. The SMILES string of the molecule is CCC(NCc1ccccc1F)C(=O)NC(=O)c1ccc(NS(=O)(=O)c2ccccc2)cc1-c1ccc(Cl)cc1Oc1cccc(CN)c1. The summed E-state index contributed by atoms with van der Waals surface area (Å²) in [5, 5.41) is 5.80. The largest absolute Gasteiger partial charge is 0.457 e. The van der Waals surface area contributed by atoms with Crippen molar-refractivity contribution in [1.29, 1.82) is 0 Å². The van der Waals surface area contributed by atoms with Gasteiger partial charge in [0.15, 0.2) is 0 Å². The summed E-state index contributed by atoms with van der Waals surface area (Å²) in [5.41, 5.74) is 7.89. The van der Waals surface area contributed by atoms with Crippen LogP contribution in [0.2, 0.25) is 5.02 Å². The number of ether oxygens (including phenoxy) is 1. The first-order valence-electron chi connectivity index (χ1n) is 15.4. The molecule has 0 aliphatic carbocycles. The number of halogens is 2. The summed E-state index contributed by atoms with van der Waals surface area (Å²) in [5.74, 6) is -1.04. The maximum atomic E-state index is 14.2. The summed E-state index contributed by atoms with van der Waals surface area (Å²) >= 11 is 6.37. The van der Waals surface area contributed by atoms with Crippen LogP contribution in [-0.2, 0) is 27.9 Å². The van der Waals surface area contributed by atoms with Gasteiger partial charge in [0.1, 0.15) is 17.3 Å². The number of rotatable bonds is 13. The Kier molecular flexibility index (Phi) is 11.4. The Morgan fingerprint density at radius 1 is 0.878 bits per heavy atom. The van der Waals surface area contributed by atoms with Gasteiger partial charge in [0.25, 0.3) is 15.9 Å². The van der Waals surface area contributed by atoms with Crippen LogP contribution in [0.1, 0.15) is 34.8 Å². The minimum Gasteiger partial charge on any atom is -0.457 e. The summed E-state index contributed by atoms with van der Waals surface area (Å²) in [6.45, 7) is 2.12. The van der Waals surface area contributed by atoms with E-state index in [1.165, 1.54) is 36.4 Å². The molecule has 1 atom stereocenters. The second kappa shape index (κ2) is 15.9. The molecule has 12 heteroatoms. The van der Waals surface area contributed by atoms with Crippen molar-refractivity contribution in [2.45, 2.75) is 37.4 Å². The van der Waals surface area contributed by atoms with Crippen LogP contribution in [0.4, 0.5) is 10.1 Å². The van der Waals surface area contributed by atoms with E-state index in [4.69, 9.17) is 22.1 Å². The van der Waals surface area contributed by atoms with Crippen molar-refractivity contribution in [3.63, 3.8) is 0 Å². The van der Waals surface area contributed by atoms with E-state index in [-0.39, 0.29) is 40.5 Å². The van der Waals surface area contributed by atoms with Crippen LogP contribution in [0.5, 0.6) is 11.5 Å². The van der Waals surface area contributed by atoms with E-state index in [1.807, 2.05) is 6.07 Å². The normalized spacial score (nSPS) is 11.8. The molecule has 5 aromatic rings. The van der Waals surface area contributed by atoms with Crippen molar-refractivity contribution in [3.8, 4) is 22.6 Å². The van der Waals surface area contributed by atoms with Gasteiger partial charge in [-0.2, -0.15) is 0 Å². The van der Waals surface area contributed by atoms with E-state index in [2.05, 4.69) is 15.4 Å². The van der Waals surface area contributed by atoms with Gasteiger partial charge in [-0.15, -0.1) is 0 Å². The molecule has 5 rings (SSSR count). The highest BCUT2D eigenvalue weighted by Crippen LogP contribution is 2.39. The van der Waals surface area contributed by atoms with Crippen molar-refractivity contribution in [1.82, 2.24) is 10.6 Å². The standard InChI is InChI=1S/C37H34ClFN4O5S/c1-2-34(41-23-25-10-6-7-14-33(25)39)37(45)42-36(44)31-18-16-27(43-49(46,47)29-12-4-3-5-13-29)21-32(31)30-17-15-26(38)20-35(30)48-28-11-8-9-24(19-28)22-40/h3-21,34,41,43H,2,22-23,40H2,1H3,(H,42,44,45). The van der Waals surface area contributed by atoms with Crippen molar-refractivity contribution < 1.29 is 27.1 Å². The first-order valence-corrected chi connectivity index (χ1v) is 17.2. The van der Waals surface area contributed by atoms with Gasteiger partial charge in [0.2, 0.25) is 5.91 Å². The second-order valence-electron chi connectivity index (χ2n) is 11.0. The minimum atomic E-state index is -3.99. The van der Waals surface area contributed by atoms with E-state index in [1.54, 1.807) is 79.7 Å². The average molecular weight is 701 g/mol. The summed E-state index contributed by atoms with van der Waals surface area (Å²) in [4.78, 5) is 27.2. The highest BCUT2D eigenvalue weighted by atomic mass is 35.5. The Bertz CT molecular complexity index is 2080. The summed E-state index contributed by atoms with van der Waals surface area (Å²) < 4.78 is 49.4. The van der Waals surface area contributed by atoms with Crippen LogP contribution in [0.15, 0.2) is 120 Å². The quantitative estimate of drug-likeness (QED) is 0.104. The number of benzene rings is 5. The zero-order valence-electron chi connectivity index (χ0n) is 26.5. The highest BCUT2D eigenvalue weighted by molar-refractivity contribution is 7.92. The summed E-state index contributed by atoms with van der Waals surface area (Å²) in [7, 11) is -3.99. The van der Waals surface area contributed by atoms with Gasteiger partial charge in [0, 0.05) is 52.1 Å². The van der Waals surface area contributed by atoms with Gasteiger partial charge in [-0.25, -0.2) is 12.8 Å². The fourth-order valence-corrected chi connectivity index (χ4v) is 6.30. The zero-order chi connectivity index (χ0) is 35.0. The number of sulfonamides is 1. The monoisotopic (exact) mass is 700 g/mol. The minimum absolute atomic E-state index is 0.0489. The molecule has 0 aliphatic rings. The van der Waals surface area contributed by atoms with Gasteiger partial charge in [-0.3, -0.25) is 19.6 Å². The van der Waals surface area contributed by atoms with Crippen LogP contribution >= 0.6 is 11.6 Å². The van der Waals surface area contributed by atoms with Crippen molar-refractivity contribution >= 4 is 39.1 Å². The first-order chi connectivity index (χ1) is 23.6. The van der Waals surface area contributed by atoms with Crippen LogP contribution in [0.3, 0.4) is 0 Å². The number of imide groups is 1. The molecule has 5 aromatic carbocycles. The third-order valence-corrected chi connectivity index (χ3v) is 9.26. The number of nitrogens with two attached hydrogens (primary N) is 1. The smallest absolute Gasteiger partial charge is 0.261 e. The molecule has 5 N–H and O–H groups in total. The van der Waals surface area contributed by atoms with E-state index < -0.39 is 33.7 Å². The fourth-order valence-electron chi connectivity index (χ4n) is 5.07. The molecule has 0 aromatic heterocycles. The van der Waals surface area contributed by atoms with Gasteiger partial charge in [-0.1, -0.05) is 67.1 Å². The summed E-state index contributed by atoms with van der Waals surface area (Å²) in [6.07, 6.45) is 0.317. The first kappa shape index (κ1) is 35.2. The summed E-state index contributed by atoms with van der Waals surface area (Å²) in [6, 6.07) is 29.5. The number of hydrogen-bond acceptors (Lipinski definition) is 7. The van der Waals surface area contributed by atoms with Crippen molar-refractivity contribution in [2.24, 2.45) is 5.73 Å². The van der Waals surface area contributed by atoms with Crippen LogP contribution < -0.4 is 25.8 Å². The van der Waals surface area contributed by atoms with E-state index in [9.17, 15) is 22.4 Å². The van der Waals surface area contributed by atoms with E-state index in [0.29, 0.717) is 28.3 Å². The maximum absolute atomic E-state index is 14.2. The van der Waals surface area contributed by atoms with Crippen molar-refractivity contribution in [3.05, 3.63) is 143 Å². The fraction of sp³-hybridized carbons (Fsp3) is 0.135. The molecule has 0 radical (unpaired) electrons. The molecule has 0 saturated heterocycles. The molecular formula is C37H34ClFN4O5S. The molecule has 1 unspecified atom stereocenters. The lowest BCUT2D eigenvalue weighted by Gasteiger charge is -2.19. The molecule has 9 nitrogen and oxygen atoms in total. The lowest BCUT2D eigenvalue weighted by molar-refractivity contribution is -0.122. The van der Waals surface area contributed by atoms with E-state index in [0.717, 1.165) is 5.56 Å². The van der Waals surface area contributed by atoms with Gasteiger partial charge in [0.05, 0.1) is 10.9 Å². The molecule has 0 heterocycles. The molecule has 0 saturated carbocycles. The number of carbonyl (C=O) groups excluding carboxylic acids is 2. The predicted octanol–water partition coefficient (Wildman–Crippen LogP) is 7.02. The number of hydrogen-bond donors (Lipinski definition) is 4. The van der Waals surface area contributed by atoms with Gasteiger partial charge < -0.3 is 15.8 Å². The van der Waals surface area contributed by atoms with E-state index >= 15 is 0 Å². The van der Waals surface area contributed by atoms with Crippen LogP contribution in [0.25, 0.3) is 11.1 Å². The topological polar surface area (TPSA) is 140 Å². The third-order valence-electron chi connectivity index (χ3n) is 7.62. The number of anilines is 1. The Morgan fingerprint density at radius 3 is 2.37 bits per heavy atom. The molecule has 49 heavy (non-hydrogen) atoms. The Hall–Kier alpha value is -5.07. The maximum Gasteiger partial charge on any atom is 0.261 e. The molecule has 0 aliphatic heterocycles. The molecule has 252 valence electrons. The number of amides is 2. The van der Waals surface area contributed by atoms with Gasteiger partial charge in [-0.05, 0) is 72.6 Å². The Balaban J connectivity index is 1.51. The van der Waals surface area contributed by atoms with Crippen LogP contribution in [0, 0.1) is 5.82 Å². The van der Waals surface area contributed by atoms with Crippen molar-refractivity contribution in [2.75, 3.05) is 4.72 Å². The zero-order valence-corrected chi connectivity index (χ0v) is 28.0.